The summed E-state index contributed by atoms with van der Waals surface area (Å²) in [5.74, 6) is -2.84. The van der Waals surface area contributed by atoms with Crippen LogP contribution >= 0.6 is 0 Å². The predicted octanol–water partition coefficient (Wildman–Crippen LogP) is 3.31. The fourth-order valence-electron chi connectivity index (χ4n) is 3.67. The molecule has 1 amide bonds. The number of piperidine rings is 1. The van der Waals surface area contributed by atoms with Crippen LogP contribution in [0.1, 0.15) is 50.0 Å². The molecule has 1 saturated heterocycles. The van der Waals surface area contributed by atoms with Crippen LogP contribution < -0.4 is 0 Å². The molecule has 130 valence electrons. The molecule has 1 saturated carbocycles. The standard InChI is InChI=1S/C18H21F2NO3/c19-15-6-4-11(9-16(15)20)13-10-14(13)18(24)21-8-2-1-3-12(21)5-7-17(22)23/h4,6,9,12-14H,1-3,5,7-8,10H2,(H,22,23). The van der Waals surface area contributed by atoms with Crippen molar-refractivity contribution in [1.29, 1.82) is 0 Å². The largest absolute Gasteiger partial charge is 0.481 e. The fourth-order valence-corrected chi connectivity index (χ4v) is 3.67. The summed E-state index contributed by atoms with van der Waals surface area (Å²) in [5.41, 5.74) is 0.659. The molecule has 1 aromatic rings. The highest BCUT2D eigenvalue weighted by Crippen LogP contribution is 2.49. The minimum Gasteiger partial charge on any atom is -0.481 e. The maximum absolute atomic E-state index is 13.4. The first-order chi connectivity index (χ1) is 11.5. The minimum absolute atomic E-state index is 0.0199. The van der Waals surface area contributed by atoms with E-state index in [-0.39, 0.29) is 30.2 Å². The number of carbonyl (C=O) groups excluding carboxylic acids is 1. The third-order valence-corrected chi connectivity index (χ3v) is 5.08. The summed E-state index contributed by atoms with van der Waals surface area (Å²) in [7, 11) is 0. The van der Waals surface area contributed by atoms with Crippen molar-refractivity contribution in [1.82, 2.24) is 4.90 Å². The Labute approximate surface area is 139 Å². The van der Waals surface area contributed by atoms with Crippen LogP contribution in [0.25, 0.3) is 0 Å². The number of nitrogens with zero attached hydrogens (tertiary/aromatic N) is 1. The molecule has 1 aliphatic heterocycles. The van der Waals surface area contributed by atoms with E-state index in [1.165, 1.54) is 12.1 Å². The van der Waals surface area contributed by atoms with E-state index in [4.69, 9.17) is 5.11 Å². The molecular weight excluding hydrogens is 316 g/mol. The van der Waals surface area contributed by atoms with E-state index in [0.717, 1.165) is 25.3 Å². The fraction of sp³-hybridized carbons (Fsp3) is 0.556. The number of amides is 1. The number of carbonyl (C=O) groups is 2. The number of rotatable bonds is 5. The van der Waals surface area contributed by atoms with Gasteiger partial charge < -0.3 is 10.0 Å². The van der Waals surface area contributed by atoms with Gasteiger partial charge in [-0.05, 0) is 55.7 Å². The van der Waals surface area contributed by atoms with E-state index in [1.54, 1.807) is 0 Å². The Balaban J connectivity index is 1.65. The Hall–Kier alpha value is -1.98. The van der Waals surface area contributed by atoms with Gasteiger partial charge in [-0.1, -0.05) is 6.07 Å². The summed E-state index contributed by atoms with van der Waals surface area (Å²) in [6.07, 6.45) is 3.95. The Morgan fingerprint density at radius 1 is 1.21 bits per heavy atom. The molecular formula is C18H21F2NO3. The zero-order chi connectivity index (χ0) is 17.3. The number of hydrogen-bond acceptors (Lipinski definition) is 2. The van der Waals surface area contributed by atoms with Gasteiger partial charge in [-0.15, -0.1) is 0 Å². The smallest absolute Gasteiger partial charge is 0.303 e. The molecule has 2 fully saturated rings. The van der Waals surface area contributed by atoms with E-state index in [9.17, 15) is 18.4 Å². The molecule has 0 aromatic heterocycles. The summed E-state index contributed by atoms with van der Waals surface area (Å²) in [4.78, 5) is 25.4. The number of aliphatic carboxylic acids is 1. The molecule has 0 spiro atoms. The average molecular weight is 337 g/mol. The lowest BCUT2D eigenvalue weighted by Gasteiger charge is -2.36. The van der Waals surface area contributed by atoms with Crippen LogP contribution in [-0.4, -0.2) is 34.5 Å². The van der Waals surface area contributed by atoms with Crippen molar-refractivity contribution < 1.29 is 23.5 Å². The second-order valence-corrected chi connectivity index (χ2v) is 6.74. The van der Waals surface area contributed by atoms with Crippen molar-refractivity contribution in [3.05, 3.63) is 35.4 Å². The molecule has 24 heavy (non-hydrogen) atoms. The molecule has 3 unspecified atom stereocenters. The maximum Gasteiger partial charge on any atom is 0.303 e. The number of benzene rings is 1. The van der Waals surface area contributed by atoms with Crippen molar-refractivity contribution >= 4 is 11.9 Å². The molecule has 3 atom stereocenters. The number of carboxylic acids is 1. The summed E-state index contributed by atoms with van der Waals surface area (Å²) in [6.45, 7) is 0.657. The van der Waals surface area contributed by atoms with Gasteiger partial charge in [0.05, 0.1) is 0 Å². The lowest BCUT2D eigenvalue weighted by atomic mass is 9.97. The van der Waals surface area contributed by atoms with Crippen LogP contribution in [0.5, 0.6) is 0 Å². The molecule has 4 nitrogen and oxygen atoms in total. The van der Waals surface area contributed by atoms with Crippen molar-refractivity contribution in [3.63, 3.8) is 0 Å². The van der Waals surface area contributed by atoms with Crippen molar-refractivity contribution in [3.8, 4) is 0 Å². The minimum atomic E-state index is -0.886. The molecule has 1 heterocycles. The Morgan fingerprint density at radius 2 is 2.00 bits per heavy atom. The van der Waals surface area contributed by atoms with Crippen LogP contribution in [0, 0.1) is 17.6 Å². The summed E-state index contributed by atoms with van der Waals surface area (Å²) < 4.78 is 26.4. The highest BCUT2D eigenvalue weighted by Gasteiger charge is 2.47. The van der Waals surface area contributed by atoms with Crippen molar-refractivity contribution in [2.45, 2.75) is 50.5 Å². The summed E-state index contributed by atoms with van der Waals surface area (Å²) in [6, 6.07) is 3.79. The second-order valence-electron chi connectivity index (χ2n) is 6.74. The van der Waals surface area contributed by atoms with Gasteiger partial charge in [0.25, 0.3) is 0 Å². The quantitative estimate of drug-likeness (QED) is 0.897. The summed E-state index contributed by atoms with van der Waals surface area (Å²) in [5, 5.41) is 8.86. The van der Waals surface area contributed by atoms with Gasteiger partial charge in [-0.25, -0.2) is 8.78 Å². The van der Waals surface area contributed by atoms with Gasteiger partial charge >= 0.3 is 5.97 Å². The number of likely N-dealkylation sites (tertiary alicyclic amines) is 1. The van der Waals surface area contributed by atoms with Crippen LogP contribution in [0.4, 0.5) is 8.78 Å². The molecule has 0 radical (unpaired) electrons. The number of halogens is 2. The summed E-state index contributed by atoms with van der Waals surface area (Å²) >= 11 is 0. The van der Waals surface area contributed by atoms with E-state index in [0.29, 0.717) is 24.9 Å². The van der Waals surface area contributed by atoms with Crippen molar-refractivity contribution in [2.75, 3.05) is 6.54 Å². The third kappa shape index (κ3) is 3.57. The van der Waals surface area contributed by atoms with E-state index in [1.807, 2.05) is 4.90 Å². The lowest BCUT2D eigenvalue weighted by molar-refractivity contribution is -0.140. The number of hydrogen-bond donors (Lipinski definition) is 1. The molecule has 1 aliphatic carbocycles. The molecule has 6 heteroatoms. The molecule has 2 aliphatic rings. The second kappa shape index (κ2) is 6.87. The van der Waals surface area contributed by atoms with E-state index in [2.05, 4.69) is 0 Å². The van der Waals surface area contributed by atoms with Crippen molar-refractivity contribution in [2.24, 2.45) is 5.92 Å². The highest BCUT2D eigenvalue weighted by molar-refractivity contribution is 5.83. The van der Waals surface area contributed by atoms with Gasteiger partial charge in [0.1, 0.15) is 0 Å². The SMILES string of the molecule is O=C(O)CCC1CCCCN1C(=O)C1CC1c1ccc(F)c(F)c1. The predicted molar refractivity (Wildman–Crippen MR) is 83.4 cm³/mol. The van der Waals surface area contributed by atoms with E-state index < -0.39 is 17.6 Å². The van der Waals surface area contributed by atoms with Gasteiger partial charge in [0, 0.05) is 24.9 Å². The monoisotopic (exact) mass is 337 g/mol. The van der Waals surface area contributed by atoms with Crippen LogP contribution in [-0.2, 0) is 9.59 Å². The van der Waals surface area contributed by atoms with Gasteiger partial charge in [-0.3, -0.25) is 9.59 Å². The van der Waals surface area contributed by atoms with Gasteiger partial charge in [-0.2, -0.15) is 0 Å². The third-order valence-electron chi connectivity index (χ3n) is 5.08. The zero-order valence-electron chi connectivity index (χ0n) is 13.4. The maximum atomic E-state index is 13.4. The lowest BCUT2D eigenvalue weighted by Crippen LogP contribution is -2.44. The van der Waals surface area contributed by atoms with Crippen LogP contribution in [0.3, 0.4) is 0 Å². The molecule has 1 N–H and O–H groups in total. The first kappa shape index (κ1) is 16.9. The number of carboxylic acid groups (broad SMARTS) is 1. The van der Waals surface area contributed by atoms with Gasteiger partial charge in [0.2, 0.25) is 5.91 Å². The van der Waals surface area contributed by atoms with Gasteiger partial charge in [0.15, 0.2) is 11.6 Å². The van der Waals surface area contributed by atoms with Crippen LogP contribution in [0.2, 0.25) is 0 Å². The molecule has 1 aromatic carbocycles. The molecule has 0 bridgehead atoms. The zero-order valence-corrected chi connectivity index (χ0v) is 13.4. The first-order valence-corrected chi connectivity index (χ1v) is 8.44. The highest BCUT2D eigenvalue weighted by atomic mass is 19.2. The van der Waals surface area contributed by atoms with E-state index >= 15 is 0 Å². The normalized spacial score (nSPS) is 26.2. The topological polar surface area (TPSA) is 57.6 Å². The first-order valence-electron chi connectivity index (χ1n) is 8.44. The Morgan fingerprint density at radius 3 is 2.71 bits per heavy atom. The van der Waals surface area contributed by atoms with Crippen LogP contribution in [0.15, 0.2) is 18.2 Å². The average Bonchev–Trinajstić information content (AvgIpc) is 3.35. The Bertz CT molecular complexity index is 649. The molecule has 3 rings (SSSR count). The Kier molecular flexibility index (Phi) is 4.83.